The highest BCUT2D eigenvalue weighted by Crippen LogP contribution is 2.24. The van der Waals surface area contributed by atoms with Crippen LogP contribution in [-0.2, 0) is 11.3 Å². The summed E-state index contributed by atoms with van der Waals surface area (Å²) in [5.74, 6) is 1.31. The molecule has 1 aliphatic rings. The third-order valence-electron chi connectivity index (χ3n) is 5.13. The first-order valence-electron chi connectivity index (χ1n) is 9.18. The lowest BCUT2D eigenvalue weighted by Crippen LogP contribution is -2.51. The molecule has 1 amide bonds. The summed E-state index contributed by atoms with van der Waals surface area (Å²) in [5.41, 5.74) is 0.711. The summed E-state index contributed by atoms with van der Waals surface area (Å²) in [6.07, 6.45) is 1.98. The van der Waals surface area contributed by atoms with Gasteiger partial charge in [0.15, 0.2) is 0 Å². The third kappa shape index (κ3) is 4.03. The predicted molar refractivity (Wildman–Crippen MR) is 96.6 cm³/mol. The number of piperidine rings is 1. The van der Waals surface area contributed by atoms with E-state index in [9.17, 15) is 9.18 Å². The van der Waals surface area contributed by atoms with E-state index in [1.54, 1.807) is 6.07 Å². The number of carbonyl (C=O) groups excluding carboxylic acids is 1. The maximum atomic E-state index is 13.3. The van der Waals surface area contributed by atoms with Crippen LogP contribution in [0.1, 0.15) is 39.4 Å². The van der Waals surface area contributed by atoms with E-state index in [0.717, 1.165) is 37.1 Å². The summed E-state index contributed by atoms with van der Waals surface area (Å²) < 4.78 is 19.1. The van der Waals surface area contributed by atoms with E-state index in [0.29, 0.717) is 24.1 Å². The Morgan fingerprint density at radius 2 is 2.20 bits per heavy atom. The standard InChI is InChI=1S/C20H27FN2O2/c1-4-14-12-23(20(24)13(2)3)8-7-18(14)22-11-17-10-15-9-16(21)5-6-19(15)25-17/h5-6,9-10,13-14,18,22H,4,7-8,11-12H2,1-3H3/t14-,18+/m0/s1. The molecule has 0 bridgehead atoms. The summed E-state index contributed by atoms with van der Waals surface area (Å²) in [6.45, 7) is 8.32. The van der Waals surface area contributed by atoms with Gasteiger partial charge >= 0.3 is 0 Å². The van der Waals surface area contributed by atoms with E-state index in [2.05, 4.69) is 12.2 Å². The second-order valence-electron chi connectivity index (χ2n) is 7.28. The maximum Gasteiger partial charge on any atom is 0.225 e. The third-order valence-corrected chi connectivity index (χ3v) is 5.13. The number of fused-ring (bicyclic) bond motifs is 1. The lowest BCUT2D eigenvalue weighted by atomic mass is 9.89. The monoisotopic (exact) mass is 346 g/mol. The Hall–Kier alpha value is -1.88. The minimum absolute atomic E-state index is 0.0537. The molecule has 1 aromatic heterocycles. The van der Waals surface area contributed by atoms with Crippen LogP contribution in [0.2, 0.25) is 0 Å². The van der Waals surface area contributed by atoms with Crippen LogP contribution in [0, 0.1) is 17.7 Å². The first-order chi connectivity index (χ1) is 12.0. The Morgan fingerprint density at radius 3 is 2.92 bits per heavy atom. The zero-order valence-electron chi connectivity index (χ0n) is 15.2. The van der Waals surface area contributed by atoms with Crippen molar-refractivity contribution >= 4 is 16.9 Å². The highest BCUT2D eigenvalue weighted by Gasteiger charge is 2.30. The minimum atomic E-state index is -0.249. The number of benzene rings is 1. The van der Waals surface area contributed by atoms with Crippen molar-refractivity contribution in [1.29, 1.82) is 0 Å². The van der Waals surface area contributed by atoms with E-state index in [-0.39, 0.29) is 17.6 Å². The van der Waals surface area contributed by atoms with Gasteiger partial charge in [-0.3, -0.25) is 4.79 Å². The molecule has 3 rings (SSSR count). The van der Waals surface area contributed by atoms with Crippen molar-refractivity contribution in [2.45, 2.75) is 46.2 Å². The molecule has 0 saturated carbocycles. The van der Waals surface area contributed by atoms with Crippen LogP contribution in [0.5, 0.6) is 0 Å². The van der Waals surface area contributed by atoms with Gasteiger partial charge in [-0.2, -0.15) is 0 Å². The zero-order chi connectivity index (χ0) is 18.0. The van der Waals surface area contributed by atoms with Crippen molar-refractivity contribution in [1.82, 2.24) is 10.2 Å². The molecule has 5 heteroatoms. The number of carbonyl (C=O) groups is 1. The predicted octanol–water partition coefficient (Wildman–Crippen LogP) is 3.94. The molecule has 2 heterocycles. The normalized spacial score (nSPS) is 21.2. The summed E-state index contributed by atoms with van der Waals surface area (Å²) >= 11 is 0. The molecule has 25 heavy (non-hydrogen) atoms. The summed E-state index contributed by atoms with van der Waals surface area (Å²) in [5, 5.41) is 4.37. The first-order valence-corrected chi connectivity index (χ1v) is 9.18. The number of nitrogens with one attached hydrogen (secondary N) is 1. The lowest BCUT2D eigenvalue weighted by molar-refractivity contribution is -0.136. The van der Waals surface area contributed by atoms with Crippen LogP contribution < -0.4 is 5.32 Å². The van der Waals surface area contributed by atoms with E-state index in [1.165, 1.54) is 12.1 Å². The van der Waals surface area contributed by atoms with E-state index in [4.69, 9.17) is 4.42 Å². The number of likely N-dealkylation sites (tertiary alicyclic amines) is 1. The SMILES string of the molecule is CC[C@H]1CN(C(=O)C(C)C)CC[C@H]1NCc1cc2cc(F)ccc2o1. The summed E-state index contributed by atoms with van der Waals surface area (Å²) in [7, 11) is 0. The zero-order valence-corrected chi connectivity index (χ0v) is 15.2. The highest BCUT2D eigenvalue weighted by molar-refractivity contribution is 5.78. The molecule has 2 aromatic rings. The maximum absolute atomic E-state index is 13.3. The quantitative estimate of drug-likeness (QED) is 0.892. The molecule has 0 radical (unpaired) electrons. The largest absolute Gasteiger partial charge is 0.460 e. The molecule has 0 aliphatic carbocycles. The molecule has 1 fully saturated rings. The van der Waals surface area contributed by atoms with Crippen LogP contribution in [0.3, 0.4) is 0 Å². The molecule has 4 nitrogen and oxygen atoms in total. The van der Waals surface area contributed by atoms with Gasteiger partial charge in [0.2, 0.25) is 5.91 Å². The second-order valence-corrected chi connectivity index (χ2v) is 7.28. The van der Waals surface area contributed by atoms with Crippen molar-refractivity contribution in [3.63, 3.8) is 0 Å². The fourth-order valence-corrected chi connectivity index (χ4v) is 3.67. The van der Waals surface area contributed by atoms with Crippen molar-refractivity contribution in [3.8, 4) is 0 Å². The van der Waals surface area contributed by atoms with Gasteiger partial charge in [-0.05, 0) is 36.6 Å². The average molecular weight is 346 g/mol. The number of nitrogens with zero attached hydrogens (tertiary/aromatic N) is 1. The summed E-state index contributed by atoms with van der Waals surface area (Å²) in [4.78, 5) is 14.2. The van der Waals surface area contributed by atoms with Crippen molar-refractivity contribution in [3.05, 3.63) is 35.8 Å². The highest BCUT2D eigenvalue weighted by atomic mass is 19.1. The number of halogens is 1. The number of furan rings is 1. The number of hydrogen-bond donors (Lipinski definition) is 1. The average Bonchev–Trinajstić information content (AvgIpc) is 3.00. The molecule has 1 aliphatic heterocycles. The summed E-state index contributed by atoms with van der Waals surface area (Å²) in [6, 6.07) is 6.83. The molecule has 1 aromatic carbocycles. The van der Waals surface area contributed by atoms with Gasteiger partial charge in [0, 0.05) is 30.4 Å². The van der Waals surface area contributed by atoms with Crippen molar-refractivity contribution in [2.24, 2.45) is 11.8 Å². The van der Waals surface area contributed by atoms with Crippen LogP contribution in [0.4, 0.5) is 4.39 Å². The van der Waals surface area contributed by atoms with E-state index < -0.39 is 0 Å². The molecular formula is C20H27FN2O2. The van der Waals surface area contributed by atoms with E-state index >= 15 is 0 Å². The van der Waals surface area contributed by atoms with Gasteiger partial charge in [-0.15, -0.1) is 0 Å². The second kappa shape index (κ2) is 7.56. The van der Waals surface area contributed by atoms with Gasteiger partial charge in [-0.25, -0.2) is 4.39 Å². The van der Waals surface area contributed by atoms with Crippen molar-refractivity contribution in [2.75, 3.05) is 13.1 Å². The van der Waals surface area contributed by atoms with Crippen molar-refractivity contribution < 1.29 is 13.6 Å². The Kier molecular flexibility index (Phi) is 5.42. The smallest absolute Gasteiger partial charge is 0.225 e. The van der Waals surface area contributed by atoms with Crippen LogP contribution >= 0.6 is 0 Å². The molecule has 1 saturated heterocycles. The number of hydrogen-bond acceptors (Lipinski definition) is 3. The Labute approximate surface area is 148 Å². The Balaban J connectivity index is 1.61. The van der Waals surface area contributed by atoms with Gasteiger partial charge in [0.25, 0.3) is 0 Å². The van der Waals surface area contributed by atoms with Gasteiger partial charge in [-0.1, -0.05) is 27.2 Å². The molecule has 0 spiro atoms. The first kappa shape index (κ1) is 17.9. The van der Waals surface area contributed by atoms with Gasteiger partial charge in [0.1, 0.15) is 17.2 Å². The molecule has 1 N–H and O–H groups in total. The fourth-order valence-electron chi connectivity index (χ4n) is 3.67. The number of amides is 1. The van der Waals surface area contributed by atoms with Crippen LogP contribution in [0.15, 0.2) is 28.7 Å². The molecule has 136 valence electrons. The lowest BCUT2D eigenvalue weighted by Gasteiger charge is -2.39. The minimum Gasteiger partial charge on any atom is -0.460 e. The molecule has 2 atom stereocenters. The fraction of sp³-hybridized carbons (Fsp3) is 0.550. The molecular weight excluding hydrogens is 319 g/mol. The molecule has 0 unspecified atom stereocenters. The van der Waals surface area contributed by atoms with E-state index in [1.807, 2.05) is 24.8 Å². The topological polar surface area (TPSA) is 45.5 Å². The van der Waals surface area contributed by atoms with Gasteiger partial charge < -0.3 is 14.6 Å². The van der Waals surface area contributed by atoms with Crippen LogP contribution in [0.25, 0.3) is 11.0 Å². The van der Waals surface area contributed by atoms with Crippen LogP contribution in [-0.4, -0.2) is 29.9 Å². The number of rotatable bonds is 5. The van der Waals surface area contributed by atoms with Gasteiger partial charge in [0.05, 0.1) is 6.54 Å². The Bertz CT molecular complexity index is 740. The Morgan fingerprint density at radius 1 is 1.40 bits per heavy atom.